The third-order valence-electron chi connectivity index (χ3n) is 6.67. The molecule has 0 bridgehead atoms. The number of benzene rings is 1. The summed E-state index contributed by atoms with van der Waals surface area (Å²) in [6, 6.07) is 8.22. The summed E-state index contributed by atoms with van der Waals surface area (Å²) in [6.07, 6.45) is 5.46. The van der Waals surface area contributed by atoms with Gasteiger partial charge in [0.2, 0.25) is 5.91 Å². The lowest BCUT2D eigenvalue weighted by Gasteiger charge is -2.29. The number of hydrogen-bond acceptors (Lipinski definition) is 6. The molecule has 4 heterocycles. The van der Waals surface area contributed by atoms with E-state index in [9.17, 15) is 4.79 Å². The van der Waals surface area contributed by atoms with Crippen LogP contribution in [0.3, 0.4) is 0 Å². The van der Waals surface area contributed by atoms with Crippen LogP contribution < -0.4 is 4.90 Å². The van der Waals surface area contributed by atoms with Gasteiger partial charge in [-0.25, -0.2) is 4.98 Å². The molecule has 1 aliphatic carbocycles. The number of fused-ring (bicyclic) bond motifs is 6. The minimum atomic E-state index is 0.118. The quantitative estimate of drug-likeness (QED) is 0.407. The van der Waals surface area contributed by atoms with Crippen LogP contribution in [0.4, 0.5) is 5.69 Å². The van der Waals surface area contributed by atoms with Crippen LogP contribution in [-0.2, 0) is 24.1 Å². The second kappa shape index (κ2) is 7.85. The molecule has 4 aromatic rings. The Morgan fingerprint density at radius 3 is 3.03 bits per heavy atom. The second-order valence-electron chi connectivity index (χ2n) is 8.90. The SMILES string of the molecule is Cc1nc2sc3c(c2c2nnc(SCC(=O)N4CCCc5ccccc54)n12)CC[C@H](C)C3. The summed E-state index contributed by atoms with van der Waals surface area (Å²) in [5.41, 5.74) is 4.60. The molecule has 0 saturated carbocycles. The van der Waals surface area contributed by atoms with E-state index in [0.717, 1.165) is 70.7 Å². The molecular weight excluding hydrogens is 438 g/mol. The van der Waals surface area contributed by atoms with Gasteiger partial charge in [-0.15, -0.1) is 21.5 Å². The Kier molecular flexibility index (Phi) is 4.95. The number of aromatic nitrogens is 4. The monoisotopic (exact) mass is 463 g/mol. The van der Waals surface area contributed by atoms with E-state index in [1.807, 2.05) is 39.7 Å². The number of amides is 1. The number of nitrogens with zero attached hydrogens (tertiary/aromatic N) is 5. The fourth-order valence-corrected chi connectivity index (χ4v) is 7.33. The third kappa shape index (κ3) is 3.23. The molecule has 0 radical (unpaired) electrons. The predicted octanol–water partition coefficient (Wildman–Crippen LogP) is 4.84. The Labute approximate surface area is 195 Å². The number of carbonyl (C=O) groups excluding carboxylic acids is 1. The lowest BCUT2D eigenvalue weighted by molar-refractivity contribution is -0.116. The van der Waals surface area contributed by atoms with Gasteiger partial charge in [-0.2, -0.15) is 0 Å². The van der Waals surface area contributed by atoms with Gasteiger partial charge in [0, 0.05) is 17.1 Å². The molecule has 6 rings (SSSR count). The normalized spacial score (nSPS) is 18.2. The number of carbonyl (C=O) groups is 1. The fraction of sp³-hybridized carbons (Fsp3) is 0.417. The van der Waals surface area contributed by atoms with Gasteiger partial charge in [-0.3, -0.25) is 9.20 Å². The second-order valence-corrected chi connectivity index (χ2v) is 10.9. The average Bonchev–Trinajstić information content (AvgIpc) is 3.38. The molecular formula is C24H25N5OS2. The van der Waals surface area contributed by atoms with Gasteiger partial charge in [0.1, 0.15) is 10.7 Å². The lowest BCUT2D eigenvalue weighted by atomic mass is 9.89. The number of anilines is 1. The van der Waals surface area contributed by atoms with Crippen LogP contribution in [0.25, 0.3) is 15.9 Å². The van der Waals surface area contributed by atoms with Crippen LogP contribution >= 0.6 is 23.1 Å². The molecule has 3 aromatic heterocycles. The van der Waals surface area contributed by atoms with Crippen molar-refractivity contribution in [1.82, 2.24) is 19.6 Å². The number of para-hydroxylation sites is 1. The first-order valence-corrected chi connectivity index (χ1v) is 13.1. The highest BCUT2D eigenvalue weighted by atomic mass is 32.2. The summed E-state index contributed by atoms with van der Waals surface area (Å²) in [5.74, 6) is 2.06. The first-order valence-electron chi connectivity index (χ1n) is 11.3. The van der Waals surface area contributed by atoms with E-state index in [0.29, 0.717) is 5.75 Å². The Hall–Kier alpha value is -2.45. The van der Waals surface area contributed by atoms with E-state index in [2.05, 4.69) is 29.3 Å². The smallest absolute Gasteiger partial charge is 0.237 e. The number of thiophene rings is 1. The minimum Gasteiger partial charge on any atom is -0.311 e. The first kappa shape index (κ1) is 20.2. The fourth-order valence-electron chi connectivity index (χ4n) is 5.06. The van der Waals surface area contributed by atoms with Crippen LogP contribution in [0, 0.1) is 12.8 Å². The summed E-state index contributed by atoms with van der Waals surface area (Å²) in [7, 11) is 0. The van der Waals surface area contributed by atoms with Crippen molar-refractivity contribution in [3.05, 3.63) is 46.1 Å². The molecule has 1 aliphatic heterocycles. The predicted molar refractivity (Wildman–Crippen MR) is 130 cm³/mol. The van der Waals surface area contributed by atoms with Crippen molar-refractivity contribution in [3.63, 3.8) is 0 Å². The molecule has 2 aliphatic rings. The molecule has 0 spiro atoms. The maximum atomic E-state index is 13.1. The molecule has 8 heteroatoms. The summed E-state index contributed by atoms with van der Waals surface area (Å²) in [6.45, 7) is 5.10. The van der Waals surface area contributed by atoms with Crippen molar-refractivity contribution >= 4 is 50.6 Å². The van der Waals surface area contributed by atoms with Crippen molar-refractivity contribution in [2.75, 3.05) is 17.2 Å². The van der Waals surface area contributed by atoms with Gasteiger partial charge >= 0.3 is 0 Å². The molecule has 0 saturated heterocycles. The van der Waals surface area contributed by atoms with E-state index in [1.165, 1.54) is 34.2 Å². The Bertz CT molecular complexity index is 1360. The van der Waals surface area contributed by atoms with Gasteiger partial charge < -0.3 is 4.90 Å². The standard InChI is InChI=1S/C24H25N5OS2/c1-14-9-10-17-19(12-14)32-23-21(17)22-26-27-24(29(22)15(2)25-23)31-13-20(30)28-11-5-7-16-6-3-4-8-18(16)28/h3-4,6,8,14H,5,7,9-13H2,1-2H3/t14-/m0/s1. The van der Waals surface area contributed by atoms with Crippen molar-refractivity contribution in [1.29, 1.82) is 0 Å². The van der Waals surface area contributed by atoms with Crippen LogP contribution in [0.2, 0.25) is 0 Å². The van der Waals surface area contributed by atoms with E-state index < -0.39 is 0 Å². The summed E-state index contributed by atoms with van der Waals surface area (Å²) < 4.78 is 2.04. The first-order chi connectivity index (χ1) is 15.6. The largest absolute Gasteiger partial charge is 0.311 e. The maximum Gasteiger partial charge on any atom is 0.237 e. The van der Waals surface area contributed by atoms with Crippen molar-refractivity contribution in [2.24, 2.45) is 5.92 Å². The molecule has 1 atom stereocenters. The zero-order valence-electron chi connectivity index (χ0n) is 18.3. The number of aryl methyl sites for hydroxylation is 3. The highest BCUT2D eigenvalue weighted by molar-refractivity contribution is 7.99. The van der Waals surface area contributed by atoms with E-state index in [-0.39, 0.29) is 5.91 Å². The molecule has 32 heavy (non-hydrogen) atoms. The molecule has 1 amide bonds. The molecule has 6 nitrogen and oxygen atoms in total. The van der Waals surface area contributed by atoms with Gasteiger partial charge in [0.15, 0.2) is 10.8 Å². The van der Waals surface area contributed by atoms with E-state index in [1.54, 1.807) is 0 Å². The molecule has 0 N–H and O–H groups in total. The maximum absolute atomic E-state index is 13.1. The van der Waals surface area contributed by atoms with E-state index >= 15 is 0 Å². The summed E-state index contributed by atoms with van der Waals surface area (Å²) >= 11 is 3.27. The summed E-state index contributed by atoms with van der Waals surface area (Å²) in [4.78, 5) is 22.5. The third-order valence-corrected chi connectivity index (χ3v) is 8.74. The minimum absolute atomic E-state index is 0.118. The molecule has 0 fully saturated rings. The number of rotatable bonds is 3. The highest BCUT2D eigenvalue weighted by Crippen LogP contribution is 2.39. The molecule has 164 valence electrons. The van der Waals surface area contributed by atoms with E-state index in [4.69, 9.17) is 4.98 Å². The Balaban J connectivity index is 1.31. The van der Waals surface area contributed by atoms with Crippen molar-refractivity contribution in [2.45, 2.75) is 51.1 Å². The molecule has 1 aromatic carbocycles. The van der Waals surface area contributed by atoms with Crippen LogP contribution in [-0.4, -0.2) is 37.8 Å². The van der Waals surface area contributed by atoms with Gasteiger partial charge in [0.25, 0.3) is 0 Å². The van der Waals surface area contributed by atoms with Gasteiger partial charge in [-0.05, 0) is 62.1 Å². The van der Waals surface area contributed by atoms with Gasteiger partial charge in [0.05, 0.1) is 11.1 Å². The highest BCUT2D eigenvalue weighted by Gasteiger charge is 2.26. The van der Waals surface area contributed by atoms with Crippen LogP contribution in [0.15, 0.2) is 29.4 Å². The topological polar surface area (TPSA) is 63.4 Å². The van der Waals surface area contributed by atoms with Gasteiger partial charge in [-0.1, -0.05) is 36.9 Å². The Morgan fingerprint density at radius 2 is 2.12 bits per heavy atom. The Morgan fingerprint density at radius 1 is 1.25 bits per heavy atom. The molecule has 0 unspecified atom stereocenters. The number of thioether (sulfide) groups is 1. The average molecular weight is 464 g/mol. The summed E-state index contributed by atoms with van der Waals surface area (Å²) in [5, 5.41) is 11.0. The van der Waals surface area contributed by atoms with Crippen LogP contribution in [0.1, 0.15) is 41.6 Å². The van der Waals surface area contributed by atoms with Crippen LogP contribution in [0.5, 0.6) is 0 Å². The van der Waals surface area contributed by atoms with Crippen molar-refractivity contribution in [3.8, 4) is 0 Å². The lowest BCUT2D eigenvalue weighted by Crippen LogP contribution is -2.36. The number of hydrogen-bond donors (Lipinski definition) is 0. The zero-order valence-corrected chi connectivity index (χ0v) is 19.9. The zero-order chi connectivity index (χ0) is 21.8. The van der Waals surface area contributed by atoms with Crippen molar-refractivity contribution < 1.29 is 4.79 Å².